The molecule has 31 heavy (non-hydrogen) atoms. The summed E-state index contributed by atoms with van der Waals surface area (Å²) in [5, 5.41) is 3.81. The number of carbonyl (C=O) groups is 1. The first kappa shape index (κ1) is 20.4. The van der Waals surface area contributed by atoms with Gasteiger partial charge in [-0.25, -0.2) is 9.78 Å². The van der Waals surface area contributed by atoms with Crippen LogP contribution in [0, 0.1) is 0 Å². The summed E-state index contributed by atoms with van der Waals surface area (Å²) in [7, 11) is 0. The number of nitrogens with one attached hydrogen (secondary N) is 1. The van der Waals surface area contributed by atoms with Gasteiger partial charge in [0, 0.05) is 24.2 Å². The molecule has 0 bridgehead atoms. The number of fused-ring (bicyclic) bond motifs is 3. The zero-order chi connectivity index (χ0) is 21.4. The van der Waals surface area contributed by atoms with Gasteiger partial charge in [-0.05, 0) is 37.8 Å². The first-order chi connectivity index (χ1) is 15.1. The number of hydrogen-bond donors (Lipinski definition) is 1. The van der Waals surface area contributed by atoms with Crippen LogP contribution < -0.4 is 16.6 Å². The minimum Gasteiger partial charge on any atom is -0.376 e. The monoisotopic (exact) mass is 442 g/mol. The molecule has 3 aromatic rings. The molecule has 2 aliphatic rings. The summed E-state index contributed by atoms with van der Waals surface area (Å²) in [5.74, 6) is -0.194. The van der Waals surface area contributed by atoms with Gasteiger partial charge in [0.25, 0.3) is 5.56 Å². The number of nitrogens with zero attached hydrogens (tertiary/aromatic N) is 3. The van der Waals surface area contributed by atoms with Crippen molar-refractivity contribution in [1.82, 2.24) is 19.4 Å². The van der Waals surface area contributed by atoms with Crippen molar-refractivity contribution < 1.29 is 9.53 Å². The molecule has 1 atom stereocenters. The molecule has 9 heteroatoms. The molecule has 0 unspecified atom stereocenters. The van der Waals surface area contributed by atoms with Crippen molar-refractivity contribution in [2.75, 3.05) is 6.61 Å². The molecule has 0 aromatic carbocycles. The molecule has 1 aliphatic carbocycles. The van der Waals surface area contributed by atoms with Crippen molar-refractivity contribution >= 4 is 37.7 Å². The van der Waals surface area contributed by atoms with Crippen LogP contribution in [-0.2, 0) is 22.6 Å². The summed E-state index contributed by atoms with van der Waals surface area (Å²) in [4.78, 5) is 44.6. The highest BCUT2D eigenvalue weighted by molar-refractivity contribution is 7.25. The summed E-state index contributed by atoms with van der Waals surface area (Å²) in [6.45, 7) is 0.740. The highest BCUT2D eigenvalue weighted by Gasteiger charge is 2.24. The second kappa shape index (κ2) is 8.55. The van der Waals surface area contributed by atoms with Crippen LogP contribution in [0.2, 0.25) is 0 Å². The molecule has 1 N–H and O–H groups in total. The highest BCUT2D eigenvalue weighted by atomic mass is 32.1. The summed E-state index contributed by atoms with van der Waals surface area (Å²) in [6, 6.07) is 3.79. The fraction of sp³-hybridized carbons (Fsp3) is 0.545. The number of hydrogen-bond acceptors (Lipinski definition) is 6. The Hall–Kier alpha value is -2.52. The van der Waals surface area contributed by atoms with E-state index in [0.29, 0.717) is 21.7 Å². The molecule has 2 fully saturated rings. The Morgan fingerprint density at radius 1 is 1.16 bits per heavy atom. The lowest BCUT2D eigenvalue weighted by Crippen LogP contribution is -2.45. The first-order valence-electron chi connectivity index (χ1n) is 11.0. The first-order valence-corrected chi connectivity index (χ1v) is 11.9. The number of ether oxygens (including phenoxy) is 1. The molecular formula is C22H26N4O4S. The number of aromatic nitrogens is 3. The Labute approximate surface area is 182 Å². The number of amides is 1. The van der Waals surface area contributed by atoms with Crippen LogP contribution in [0.25, 0.3) is 20.4 Å². The van der Waals surface area contributed by atoms with Crippen molar-refractivity contribution in [3.05, 3.63) is 39.2 Å². The van der Waals surface area contributed by atoms with Gasteiger partial charge in [0.1, 0.15) is 16.1 Å². The predicted octanol–water partition coefficient (Wildman–Crippen LogP) is 2.40. The molecule has 4 heterocycles. The average molecular weight is 443 g/mol. The largest absolute Gasteiger partial charge is 0.376 e. The van der Waals surface area contributed by atoms with Gasteiger partial charge in [0.2, 0.25) is 5.91 Å². The standard InChI is InChI=1S/C22H26N4O4S/c27-17(24-14-6-2-1-3-7-14)13-25-18-16-9-4-10-23-20(16)31-19(18)21(28)26(22(25)29)12-15-8-5-11-30-15/h4,9-10,14-15H,1-3,5-8,11-13H2,(H,24,27)/t15-/m1/s1. The van der Waals surface area contributed by atoms with Crippen molar-refractivity contribution in [2.45, 2.75) is 70.2 Å². The van der Waals surface area contributed by atoms with Gasteiger partial charge in [0.15, 0.2) is 0 Å². The molecule has 1 aliphatic heterocycles. The lowest BCUT2D eigenvalue weighted by molar-refractivity contribution is -0.122. The zero-order valence-corrected chi connectivity index (χ0v) is 18.2. The molecule has 3 aromatic heterocycles. The topological polar surface area (TPSA) is 95.2 Å². The van der Waals surface area contributed by atoms with E-state index < -0.39 is 5.69 Å². The van der Waals surface area contributed by atoms with Gasteiger partial charge < -0.3 is 10.1 Å². The lowest BCUT2D eigenvalue weighted by Gasteiger charge is -2.23. The normalized spacial score (nSPS) is 19.9. The smallest absolute Gasteiger partial charge is 0.332 e. The average Bonchev–Trinajstić information content (AvgIpc) is 3.43. The van der Waals surface area contributed by atoms with Crippen molar-refractivity contribution in [1.29, 1.82) is 0 Å². The number of carbonyl (C=O) groups excluding carboxylic acids is 1. The van der Waals surface area contributed by atoms with Gasteiger partial charge in [-0.1, -0.05) is 19.3 Å². The van der Waals surface area contributed by atoms with E-state index in [4.69, 9.17) is 4.74 Å². The lowest BCUT2D eigenvalue weighted by atomic mass is 9.95. The van der Waals surface area contributed by atoms with Gasteiger partial charge in [-0.15, -0.1) is 11.3 Å². The molecule has 1 saturated carbocycles. The van der Waals surface area contributed by atoms with E-state index in [-0.39, 0.29) is 36.7 Å². The predicted molar refractivity (Wildman–Crippen MR) is 120 cm³/mol. The minimum absolute atomic E-state index is 0.113. The Morgan fingerprint density at radius 3 is 2.77 bits per heavy atom. The van der Waals surface area contributed by atoms with Gasteiger partial charge in [-0.2, -0.15) is 0 Å². The van der Waals surface area contributed by atoms with Crippen LogP contribution in [0.3, 0.4) is 0 Å². The maximum Gasteiger partial charge on any atom is 0.332 e. The van der Waals surface area contributed by atoms with E-state index in [1.54, 1.807) is 12.3 Å². The quantitative estimate of drug-likeness (QED) is 0.655. The Morgan fingerprint density at radius 2 is 2.00 bits per heavy atom. The second-order valence-electron chi connectivity index (χ2n) is 8.46. The van der Waals surface area contributed by atoms with Gasteiger partial charge >= 0.3 is 5.69 Å². The zero-order valence-electron chi connectivity index (χ0n) is 17.3. The van der Waals surface area contributed by atoms with Crippen LogP contribution in [-0.4, -0.2) is 38.8 Å². The van der Waals surface area contributed by atoms with Gasteiger partial charge in [0.05, 0.1) is 18.2 Å². The second-order valence-corrected chi connectivity index (χ2v) is 9.46. The number of thiophene rings is 1. The Bertz CT molecular complexity index is 1230. The van der Waals surface area contributed by atoms with E-state index in [0.717, 1.165) is 43.9 Å². The minimum atomic E-state index is -0.463. The molecule has 164 valence electrons. The fourth-order valence-corrected chi connectivity index (χ4v) is 5.84. The molecular weight excluding hydrogens is 416 g/mol. The van der Waals surface area contributed by atoms with Crippen LogP contribution in [0.15, 0.2) is 27.9 Å². The van der Waals surface area contributed by atoms with Gasteiger partial charge in [-0.3, -0.25) is 18.7 Å². The molecule has 1 saturated heterocycles. The summed E-state index contributed by atoms with van der Waals surface area (Å²) >= 11 is 1.27. The highest BCUT2D eigenvalue weighted by Crippen LogP contribution is 2.29. The van der Waals surface area contributed by atoms with Crippen LogP contribution >= 0.6 is 11.3 Å². The number of rotatable bonds is 5. The van der Waals surface area contributed by atoms with E-state index in [9.17, 15) is 14.4 Å². The molecule has 5 rings (SSSR count). The maximum atomic E-state index is 13.4. The summed E-state index contributed by atoms with van der Waals surface area (Å²) < 4.78 is 8.81. The Kier molecular flexibility index (Phi) is 5.62. The summed E-state index contributed by atoms with van der Waals surface area (Å²) in [6.07, 6.45) is 8.63. The van der Waals surface area contributed by atoms with Crippen LogP contribution in [0.4, 0.5) is 0 Å². The van der Waals surface area contributed by atoms with E-state index in [1.807, 2.05) is 6.07 Å². The third-order valence-electron chi connectivity index (χ3n) is 6.29. The van der Waals surface area contributed by atoms with Crippen molar-refractivity contribution in [3.8, 4) is 0 Å². The van der Waals surface area contributed by atoms with E-state index in [1.165, 1.54) is 26.9 Å². The SMILES string of the molecule is O=C(Cn1c(=O)n(C[C@H]2CCCO2)c(=O)c2sc3ncccc3c21)NC1CCCCC1. The van der Waals surface area contributed by atoms with Crippen LogP contribution in [0.5, 0.6) is 0 Å². The molecule has 8 nitrogen and oxygen atoms in total. The third-order valence-corrected chi connectivity index (χ3v) is 7.38. The molecule has 0 radical (unpaired) electrons. The number of pyridine rings is 1. The van der Waals surface area contributed by atoms with Crippen molar-refractivity contribution in [3.63, 3.8) is 0 Å². The van der Waals surface area contributed by atoms with E-state index in [2.05, 4.69) is 10.3 Å². The summed E-state index contributed by atoms with van der Waals surface area (Å²) in [5.41, 5.74) is -0.289. The molecule has 1 amide bonds. The fourth-order valence-electron chi connectivity index (χ4n) is 4.75. The van der Waals surface area contributed by atoms with E-state index >= 15 is 0 Å². The maximum absolute atomic E-state index is 13.4. The van der Waals surface area contributed by atoms with Crippen LogP contribution in [0.1, 0.15) is 44.9 Å². The Balaban J connectivity index is 1.59. The molecule has 0 spiro atoms. The van der Waals surface area contributed by atoms with Crippen molar-refractivity contribution in [2.24, 2.45) is 0 Å². The third kappa shape index (κ3) is 3.92.